The van der Waals surface area contributed by atoms with Gasteiger partial charge in [0, 0.05) is 31.8 Å². The molecule has 2 N–H and O–H groups in total. The van der Waals surface area contributed by atoms with Crippen molar-refractivity contribution in [1.82, 2.24) is 5.32 Å². The molecule has 0 saturated carbocycles. The minimum absolute atomic E-state index is 0.0901. The highest BCUT2D eigenvalue weighted by molar-refractivity contribution is 5.98. The first-order valence-electron chi connectivity index (χ1n) is 5.41. The van der Waals surface area contributed by atoms with Gasteiger partial charge in [0.05, 0.1) is 5.92 Å². The molecule has 0 radical (unpaired) electrons. The average Bonchev–Trinajstić information content (AvgIpc) is 2.74. The molecular formula is C12H14N2O3. The van der Waals surface area contributed by atoms with Gasteiger partial charge in [-0.05, 0) is 12.1 Å². The molecule has 0 aromatic heterocycles. The molecule has 0 aliphatic carbocycles. The lowest BCUT2D eigenvalue weighted by Crippen LogP contribution is -2.33. The highest BCUT2D eigenvalue weighted by Gasteiger charge is 2.30. The van der Waals surface area contributed by atoms with E-state index in [9.17, 15) is 14.7 Å². The van der Waals surface area contributed by atoms with Gasteiger partial charge in [-0.1, -0.05) is 6.07 Å². The maximum absolute atomic E-state index is 12.1. The molecule has 1 aliphatic heterocycles. The molecule has 5 nitrogen and oxygen atoms in total. The molecule has 5 heteroatoms. The van der Waals surface area contributed by atoms with E-state index in [1.807, 2.05) is 0 Å². The molecule has 2 rings (SSSR count). The van der Waals surface area contributed by atoms with Crippen molar-refractivity contribution in [2.45, 2.75) is 6.42 Å². The van der Waals surface area contributed by atoms with Crippen molar-refractivity contribution in [2.24, 2.45) is 5.92 Å². The van der Waals surface area contributed by atoms with Crippen LogP contribution < -0.4 is 10.2 Å². The molecule has 2 amide bonds. The van der Waals surface area contributed by atoms with Crippen LogP contribution in [0.25, 0.3) is 0 Å². The molecule has 1 aliphatic rings. The van der Waals surface area contributed by atoms with Gasteiger partial charge < -0.3 is 15.3 Å². The summed E-state index contributed by atoms with van der Waals surface area (Å²) < 4.78 is 0. The summed E-state index contributed by atoms with van der Waals surface area (Å²) in [5, 5.41) is 12.0. The standard InChI is InChI=1S/C12H14N2O3/c1-14(9-3-2-4-10(15)6-9)12(17)8-5-11(16)13-7-8/h2-4,6,8,15H,5,7H2,1H3,(H,13,16). The summed E-state index contributed by atoms with van der Waals surface area (Å²) in [7, 11) is 1.64. The van der Waals surface area contributed by atoms with Gasteiger partial charge in [0.15, 0.2) is 0 Å². The van der Waals surface area contributed by atoms with Crippen molar-refractivity contribution in [3.8, 4) is 5.75 Å². The summed E-state index contributed by atoms with van der Waals surface area (Å²) in [5.74, 6) is -0.403. The molecule has 1 atom stereocenters. The van der Waals surface area contributed by atoms with Gasteiger partial charge in [-0.2, -0.15) is 0 Å². The van der Waals surface area contributed by atoms with Crippen LogP contribution in [0.2, 0.25) is 0 Å². The zero-order valence-electron chi connectivity index (χ0n) is 9.51. The van der Waals surface area contributed by atoms with E-state index < -0.39 is 0 Å². The van der Waals surface area contributed by atoms with Crippen LogP contribution in [-0.4, -0.2) is 30.5 Å². The summed E-state index contributed by atoms with van der Waals surface area (Å²) >= 11 is 0. The molecule has 0 spiro atoms. The zero-order chi connectivity index (χ0) is 12.4. The SMILES string of the molecule is CN(C(=O)C1CNC(=O)C1)c1cccc(O)c1. The van der Waals surface area contributed by atoms with Gasteiger partial charge in [0.1, 0.15) is 5.75 Å². The first-order chi connectivity index (χ1) is 8.08. The van der Waals surface area contributed by atoms with E-state index in [0.717, 1.165) is 0 Å². The van der Waals surface area contributed by atoms with Crippen molar-refractivity contribution in [3.05, 3.63) is 24.3 Å². The van der Waals surface area contributed by atoms with Gasteiger partial charge in [-0.15, -0.1) is 0 Å². The van der Waals surface area contributed by atoms with Crippen molar-refractivity contribution in [2.75, 3.05) is 18.5 Å². The number of carbonyl (C=O) groups excluding carboxylic acids is 2. The molecular weight excluding hydrogens is 220 g/mol. The number of anilines is 1. The lowest BCUT2D eigenvalue weighted by molar-refractivity contribution is -0.124. The topological polar surface area (TPSA) is 69.6 Å². The second kappa shape index (κ2) is 4.45. The fourth-order valence-electron chi connectivity index (χ4n) is 1.88. The number of rotatable bonds is 2. The Bertz CT molecular complexity index is 459. The van der Waals surface area contributed by atoms with Gasteiger partial charge >= 0.3 is 0 Å². The van der Waals surface area contributed by atoms with Gasteiger partial charge in [0.25, 0.3) is 0 Å². The molecule has 1 unspecified atom stereocenters. The number of amides is 2. The zero-order valence-corrected chi connectivity index (χ0v) is 9.51. The van der Waals surface area contributed by atoms with Gasteiger partial charge in [0.2, 0.25) is 11.8 Å². The molecule has 0 bridgehead atoms. The molecule has 1 aromatic carbocycles. The van der Waals surface area contributed by atoms with E-state index in [1.165, 1.54) is 11.0 Å². The Morgan fingerprint density at radius 2 is 2.29 bits per heavy atom. The van der Waals surface area contributed by atoms with Crippen LogP contribution >= 0.6 is 0 Å². The van der Waals surface area contributed by atoms with E-state index in [1.54, 1.807) is 25.2 Å². The largest absolute Gasteiger partial charge is 0.508 e. The van der Waals surface area contributed by atoms with Gasteiger partial charge in [-0.25, -0.2) is 0 Å². The third-order valence-corrected chi connectivity index (χ3v) is 2.87. The van der Waals surface area contributed by atoms with Crippen LogP contribution in [-0.2, 0) is 9.59 Å². The second-order valence-electron chi connectivity index (χ2n) is 4.12. The van der Waals surface area contributed by atoms with Gasteiger partial charge in [-0.3, -0.25) is 9.59 Å². The van der Waals surface area contributed by atoms with Crippen LogP contribution in [0.15, 0.2) is 24.3 Å². The molecule has 1 saturated heterocycles. The number of aromatic hydroxyl groups is 1. The summed E-state index contributed by atoms with van der Waals surface area (Å²) in [5.41, 5.74) is 0.620. The Balaban J connectivity index is 2.12. The number of phenols is 1. The van der Waals surface area contributed by atoms with E-state index in [-0.39, 0.29) is 29.9 Å². The third kappa shape index (κ3) is 2.38. The van der Waals surface area contributed by atoms with Crippen LogP contribution in [0.3, 0.4) is 0 Å². The van der Waals surface area contributed by atoms with Crippen molar-refractivity contribution >= 4 is 17.5 Å². The molecule has 17 heavy (non-hydrogen) atoms. The third-order valence-electron chi connectivity index (χ3n) is 2.87. The number of nitrogens with zero attached hydrogens (tertiary/aromatic N) is 1. The van der Waals surface area contributed by atoms with Crippen molar-refractivity contribution in [3.63, 3.8) is 0 Å². The monoisotopic (exact) mass is 234 g/mol. The number of hydrogen-bond acceptors (Lipinski definition) is 3. The maximum Gasteiger partial charge on any atom is 0.232 e. The van der Waals surface area contributed by atoms with E-state index >= 15 is 0 Å². The Labute approximate surface area is 99.0 Å². The van der Waals surface area contributed by atoms with Crippen LogP contribution in [0.4, 0.5) is 5.69 Å². The lowest BCUT2D eigenvalue weighted by Gasteiger charge is -2.20. The summed E-state index contributed by atoms with van der Waals surface area (Å²) in [6, 6.07) is 6.47. The van der Waals surface area contributed by atoms with Crippen molar-refractivity contribution in [1.29, 1.82) is 0 Å². The number of carbonyl (C=O) groups is 2. The van der Waals surface area contributed by atoms with E-state index in [2.05, 4.69) is 5.32 Å². The fraction of sp³-hybridized carbons (Fsp3) is 0.333. The van der Waals surface area contributed by atoms with Crippen LogP contribution in [0, 0.1) is 5.92 Å². The maximum atomic E-state index is 12.1. The Morgan fingerprint density at radius 1 is 1.53 bits per heavy atom. The van der Waals surface area contributed by atoms with Crippen LogP contribution in [0.1, 0.15) is 6.42 Å². The first-order valence-corrected chi connectivity index (χ1v) is 5.41. The predicted octanol–water partition coefficient (Wildman–Crippen LogP) is 0.491. The number of nitrogens with one attached hydrogen (secondary N) is 1. The highest BCUT2D eigenvalue weighted by atomic mass is 16.3. The Hall–Kier alpha value is -2.04. The number of hydrogen-bond donors (Lipinski definition) is 2. The second-order valence-corrected chi connectivity index (χ2v) is 4.12. The fourth-order valence-corrected chi connectivity index (χ4v) is 1.88. The van der Waals surface area contributed by atoms with E-state index in [0.29, 0.717) is 12.2 Å². The molecule has 1 aromatic rings. The normalized spacial score (nSPS) is 18.9. The Kier molecular flexibility index (Phi) is 2.99. The van der Waals surface area contributed by atoms with Crippen LogP contribution in [0.5, 0.6) is 5.75 Å². The lowest BCUT2D eigenvalue weighted by atomic mass is 10.1. The summed E-state index contributed by atoms with van der Waals surface area (Å²) in [6.07, 6.45) is 0.238. The molecule has 90 valence electrons. The quantitative estimate of drug-likeness (QED) is 0.782. The predicted molar refractivity (Wildman–Crippen MR) is 62.6 cm³/mol. The van der Waals surface area contributed by atoms with E-state index in [4.69, 9.17) is 0 Å². The minimum atomic E-state index is -0.310. The highest BCUT2D eigenvalue weighted by Crippen LogP contribution is 2.22. The number of phenolic OH excluding ortho intramolecular Hbond substituents is 1. The number of benzene rings is 1. The Morgan fingerprint density at radius 3 is 2.88 bits per heavy atom. The summed E-state index contributed by atoms with van der Waals surface area (Å²) in [4.78, 5) is 24.6. The molecule has 1 fully saturated rings. The minimum Gasteiger partial charge on any atom is -0.508 e. The average molecular weight is 234 g/mol. The summed E-state index contributed by atoms with van der Waals surface area (Å²) in [6.45, 7) is 0.390. The smallest absolute Gasteiger partial charge is 0.232 e. The molecule has 1 heterocycles. The first kappa shape index (κ1) is 11.4. The van der Waals surface area contributed by atoms with Crippen molar-refractivity contribution < 1.29 is 14.7 Å².